The number of rotatable bonds is 7. The second-order valence-electron chi connectivity index (χ2n) is 28.0. The van der Waals surface area contributed by atoms with Gasteiger partial charge in [-0.05, 0) is 166 Å². The van der Waals surface area contributed by atoms with Crippen LogP contribution in [0.1, 0.15) is 111 Å². The first-order valence-corrected chi connectivity index (χ1v) is 30.2. The lowest BCUT2D eigenvalue weighted by Gasteiger charge is -2.23. The van der Waals surface area contributed by atoms with E-state index in [9.17, 15) is 0 Å². The second kappa shape index (κ2) is 19.2. The van der Waals surface area contributed by atoms with E-state index < -0.39 is 0 Å². The maximum Gasteiger partial charge on any atom is 0.137 e. The minimum atomic E-state index is -0.0358. The van der Waals surface area contributed by atoms with E-state index in [-0.39, 0.29) is 21.7 Å². The van der Waals surface area contributed by atoms with Gasteiger partial charge in [0.25, 0.3) is 0 Å². The number of hydrogen-bond donors (Lipinski definition) is 0. The third kappa shape index (κ3) is 8.96. The maximum absolute atomic E-state index is 6.82. The van der Waals surface area contributed by atoms with Crippen LogP contribution in [0, 0.1) is 6.92 Å². The molecular formula is C78H76N6O. The standard InChI is InChI=1S/C78H76N6O/c1-48-39-73(84-63-24-16-15-23-56(63)57-34-33-55(45-72(57)84)85-54-22-19-21-53(44-54)81-47-80(14)68-25-17-18-26-69(68)81)79-46-62(48)74-70(82-64-35-29-49(75(2,3)4)40-58(64)59-41-50(76(5,6)7)30-36-65(59)82)27-20-28-71(74)83-66-37-31-51(77(8,9)10)42-60(66)61-43-52(78(11,12)13)32-38-67(61)83/h15-46H,47H2,1-14H3. The normalized spacial score (nSPS) is 13.4. The first-order chi connectivity index (χ1) is 40.5. The largest absolute Gasteiger partial charge is 0.457 e. The Morgan fingerprint density at radius 1 is 0.376 bits per heavy atom. The Labute approximate surface area is 500 Å². The molecule has 0 saturated heterocycles. The molecule has 0 unspecified atom stereocenters. The molecule has 0 amide bonds. The van der Waals surface area contributed by atoms with Gasteiger partial charge in [-0.25, -0.2) is 4.98 Å². The molecule has 0 aliphatic carbocycles. The molecule has 5 heterocycles. The summed E-state index contributed by atoms with van der Waals surface area (Å²) in [7, 11) is 2.14. The molecule has 85 heavy (non-hydrogen) atoms. The van der Waals surface area contributed by atoms with Gasteiger partial charge in [0.2, 0.25) is 0 Å². The van der Waals surface area contributed by atoms with Crippen LogP contribution in [-0.2, 0) is 21.7 Å². The van der Waals surface area contributed by atoms with Gasteiger partial charge in [0.15, 0.2) is 0 Å². The highest BCUT2D eigenvalue weighted by molar-refractivity contribution is 6.13. The van der Waals surface area contributed by atoms with Crippen LogP contribution in [0.2, 0.25) is 0 Å². The number of benzene rings is 9. The fourth-order valence-corrected chi connectivity index (χ4v) is 13.2. The highest BCUT2D eigenvalue weighted by atomic mass is 16.5. The third-order valence-corrected chi connectivity index (χ3v) is 18.0. The van der Waals surface area contributed by atoms with E-state index in [0.29, 0.717) is 0 Å². The molecule has 0 fully saturated rings. The topological polar surface area (TPSA) is 43.4 Å². The Bertz CT molecular complexity index is 4550. The molecule has 0 radical (unpaired) electrons. The SMILES string of the molecule is Cc1cc(-n2c3ccccc3c3ccc(Oc4cccc(N5CN(C)c6ccccc65)c4)cc32)ncc1-c1c(-n2c3ccc(C(C)(C)C)cc3c3cc(C(C)(C)C)ccc32)cccc1-n1c2ccc(C(C)(C)C)cc2c2cc(C(C)(C)C)ccc21. The molecule has 7 nitrogen and oxygen atoms in total. The summed E-state index contributed by atoms with van der Waals surface area (Å²) in [6, 6.07) is 70.0. The van der Waals surface area contributed by atoms with Crippen molar-refractivity contribution in [3.63, 3.8) is 0 Å². The lowest BCUT2D eigenvalue weighted by molar-refractivity contribution is 0.483. The molecule has 0 saturated carbocycles. The first-order valence-electron chi connectivity index (χ1n) is 30.2. The molecule has 0 bridgehead atoms. The predicted octanol–water partition coefficient (Wildman–Crippen LogP) is 20.9. The zero-order valence-electron chi connectivity index (χ0n) is 51.8. The average Bonchev–Trinajstić information content (AvgIpc) is 1.92. The molecule has 9 aromatic carbocycles. The number of ether oxygens (including phenoxy) is 1. The molecule has 0 spiro atoms. The molecule has 424 valence electrons. The summed E-state index contributed by atoms with van der Waals surface area (Å²) in [6.45, 7) is 30.8. The van der Waals surface area contributed by atoms with Crippen molar-refractivity contribution in [2.24, 2.45) is 0 Å². The Morgan fingerprint density at radius 2 is 0.824 bits per heavy atom. The number of fused-ring (bicyclic) bond motifs is 10. The van der Waals surface area contributed by atoms with Crippen LogP contribution in [-0.4, -0.2) is 32.4 Å². The van der Waals surface area contributed by atoms with Gasteiger partial charge in [0.1, 0.15) is 17.3 Å². The van der Waals surface area contributed by atoms with Crippen LogP contribution in [0.25, 0.3) is 93.7 Å². The van der Waals surface area contributed by atoms with E-state index in [1.807, 2.05) is 6.07 Å². The molecule has 1 aliphatic rings. The van der Waals surface area contributed by atoms with Crippen molar-refractivity contribution in [2.45, 2.75) is 112 Å². The van der Waals surface area contributed by atoms with Crippen molar-refractivity contribution >= 4 is 82.5 Å². The van der Waals surface area contributed by atoms with Gasteiger partial charge >= 0.3 is 0 Å². The van der Waals surface area contributed by atoms with Crippen LogP contribution >= 0.6 is 0 Å². The van der Waals surface area contributed by atoms with Gasteiger partial charge in [-0.3, -0.25) is 4.57 Å². The Kier molecular flexibility index (Phi) is 12.2. The molecule has 7 heteroatoms. The van der Waals surface area contributed by atoms with Crippen molar-refractivity contribution in [1.82, 2.24) is 18.7 Å². The Hall–Kier alpha value is -9.07. The van der Waals surface area contributed by atoms with Gasteiger partial charge < -0.3 is 23.7 Å². The van der Waals surface area contributed by atoms with Crippen molar-refractivity contribution in [3.05, 3.63) is 222 Å². The minimum absolute atomic E-state index is 0.0358. The molecule has 13 aromatic rings. The van der Waals surface area contributed by atoms with E-state index in [1.54, 1.807) is 0 Å². The quantitative estimate of drug-likeness (QED) is 0.160. The zero-order chi connectivity index (χ0) is 59.2. The van der Waals surface area contributed by atoms with Gasteiger partial charge in [-0.2, -0.15) is 0 Å². The number of para-hydroxylation sites is 3. The number of pyridine rings is 1. The fraction of sp³-hybridized carbons (Fsp3) is 0.244. The Balaban J connectivity index is 0.989. The van der Waals surface area contributed by atoms with Crippen molar-refractivity contribution in [3.8, 4) is 39.8 Å². The van der Waals surface area contributed by atoms with E-state index in [1.165, 1.54) is 77.2 Å². The highest BCUT2D eigenvalue weighted by Crippen LogP contribution is 2.47. The number of anilines is 3. The molecule has 14 rings (SSSR count). The van der Waals surface area contributed by atoms with Gasteiger partial charge in [0, 0.05) is 74.5 Å². The molecular weight excluding hydrogens is 1040 g/mol. The van der Waals surface area contributed by atoms with Crippen molar-refractivity contribution in [1.29, 1.82) is 0 Å². The smallest absolute Gasteiger partial charge is 0.137 e. The number of hydrogen-bond acceptors (Lipinski definition) is 4. The molecule has 0 atom stereocenters. The number of aromatic nitrogens is 4. The van der Waals surface area contributed by atoms with Gasteiger partial charge in [-0.15, -0.1) is 0 Å². The van der Waals surface area contributed by atoms with Crippen molar-refractivity contribution in [2.75, 3.05) is 23.5 Å². The van der Waals surface area contributed by atoms with Crippen LogP contribution < -0.4 is 14.5 Å². The third-order valence-electron chi connectivity index (χ3n) is 18.0. The summed E-state index contributed by atoms with van der Waals surface area (Å²) in [4.78, 5) is 10.2. The van der Waals surface area contributed by atoms with Crippen LogP contribution in [0.5, 0.6) is 11.5 Å². The summed E-state index contributed by atoms with van der Waals surface area (Å²) >= 11 is 0. The summed E-state index contributed by atoms with van der Waals surface area (Å²) in [5, 5.41) is 7.31. The summed E-state index contributed by atoms with van der Waals surface area (Å²) in [5.41, 5.74) is 20.9. The van der Waals surface area contributed by atoms with Gasteiger partial charge in [0.05, 0.1) is 62.5 Å². The fourth-order valence-electron chi connectivity index (χ4n) is 13.2. The Morgan fingerprint density at radius 3 is 1.34 bits per heavy atom. The van der Waals surface area contributed by atoms with Crippen LogP contribution in [0.4, 0.5) is 17.1 Å². The van der Waals surface area contributed by atoms with E-state index in [4.69, 9.17) is 9.72 Å². The maximum atomic E-state index is 6.82. The lowest BCUT2D eigenvalue weighted by Crippen LogP contribution is -2.23. The minimum Gasteiger partial charge on any atom is -0.457 e. The predicted molar refractivity (Wildman–Crippen MR) is 361 cm³/mol. The van der Waals surface area contributed by atoms with E-state index in [0.717, 1.165) is 79.5 Å². The van der Waals surface area contributed by atoms with Crippen molar-refractivity contribution < 1.29 is 4.74 Å². The average molecular weight is 1110 g/mol. The highest BCUT2D eigenvalue weighted by Gasteiger charge is 2.29. The summed E-state index contributed by atoms with van der Waals surface area (Å²) in [5.74, 6) is 2.37. The number of aryl methyl sites for hydroxylation is 1. The van der Waals surface area contributed by atoms with E-state index in [2.05, 4.69) is 309 Å². The molecule has 0 N–H and O–H groups in total. The van der Waals surface area contributed by atoms with Crippen LogP contribution in [0.3, 0.4) is 0 Å². The monoisotopic (exact) mass is 1110 g/mol. The summed E-state index contributed by atoms with van der Waals surface area (Å²) in [6.07, 6.45) is 2.14. The molecule has 1 aliphatic heterocycles. The van der Waals surface area contributed by atoms with Gasteiger partial charge in [-0.1, -0.05) is 150 Å². The zero-order valence-corrected chi connectivity index (χ0v) is 51.8. The molecule has 4 aromatic heterocycles. The second-order valence-corrected chi connectivity index (χ2v) is 28.0. The summed E-state index contributed by atoms with van der Waals surface area (Å²) < 4.78 is 14.2. The first kappa shape index (κ1) is 53.9. The van der Waals surface area contributed by atoms with Crippen LogP contribution in [0.15, 0.2) is 194 Å². The number of nitrogens with zero attached hydrogens (tertiary/aromatic N) is 6. The lowest BCUT2D eigenvalue weighted by atomic mass is 9.85. The van der Waals surface area contributed by atoms with E-state index >= 15 is 0 Å².